The van der Waals surface area contributed by atoms with Gasteiger partial charge in [0.2, 0.25) is 0 Å². The molecule has 1 fully saturated rings. The molecule has 6 heteroatoms. The minimum absolute atomic E-state index is 0.183. The fraction of sp³-hybridized carbons (Fsp3) is 0.545. The number of hydrogen-bond donors (Lipinski definition) is 1. The van der Waals surface area contributed by atoms with Crippen LogP contribution in [0.2, 0.25) is 0 Å². The molecule has 1 aromatic rings. The first-order valence-corrected chi connectivity index (χ1v) is 5.41. The first-order valence-electron chi connectivity index (χ1n) is 5.41. The van der Waals surface area contributed by atoms with Crippen molar-refractivity contribution in [2.24, 2.45) is 0 Å². The summed E-state index contributed by atoms with van der Waals surface area (Å²) < 4.78 is 4.54. The van der Waals surface area contributed by atoms with Crippen LogP contribution in [0.1, 0.15) is 23.8 Å². The number of anilines is 1. The third-order valence-corrected chi connectivity index (χ3v) is 2.82. The van der Waals surface area contributed by atoms with Crippen LogP contribution in [0.5, 0.6) is 0 Å². The van der Waals surface area contributed by atoms with Gasteiger partial charge in [-0.25, -0.2) is 4.79 Å². The lowest BCUT2D eigenvalue weighted by Gasteiger charge is -2.19. The number of aromatic nitrogens is 2. The normalized spacial score (nSPS) is 23.8. The predicted octanol–water partition coefficient (Wildman–Crippen LogP) is 0.224. The van der Waals surface area contributed by atoms with Gasteiger partial charge < -0.3 is 14.7 Å². The van der Waals surface area contributed by atoms with Gasteiger partial charge in [-0.15, -0.1) is 10.2 Å². The predicted molar refractivity (Wildman–Crippen MR) is 60.8 cm³/mol. The Morgan fingerprint density at radius 2 is 2.29 bits per heavy atom. The smallest absolute Gasteiger partial charge is 0.358 e. The molecule has 6 nitrogen and oxygen atoms in total. The highest BCUT2D eigenvalue weighted by atomic mass is 16.5. The van der Waals surface area contributed by atoms with Gasteiger partial charge in [0.25, 0.3) is 0 Å². The summed E-state index contributed by atoms with van der Waals surface area (Å²) in [7, 11) is 1.30. The maximum Gasteiger partial charge on any atom is 0.358 e. The van der Waals surface area contributed by atoms with E-state index in [9.17, 15) is 9.90 Å². The lowest BCUT2D eigenvalue weighted by Crippen LogP contribution is -2.30. The number of esters is 1. The molecule has 17 heavy (non-hydrogen) atoms. The molecular weight excluding hydrogens is 222 g/mol. The molecular formula is C11H15N3O3. The van der Waals surface area contributed by atoms with E-state index in [0.29, 0.717) is 18.8 Å². The van der Waals surface area contributed by atoms with E-state index in [-0.39, 0.29) is 5.69 Å². The average Bonchev–Trinajstić information content (AvgIpc) is 2.69. The van der Waals surface area contributed by atoms with Gasteiger partial charge in [-0.05, 0) is 25.5 Å². The van der Waals surface area contributed by atoms with Crippen LogP contribution in [-0.4, -0.2) is 47.1 Å². The van der Waals surface area contributed by atoms with E-state index in [1.165, 1.54) is 7.11 Å². The van der Waals surface area contributed by atoms with Crippen molar-refractivity contribution >= 4 is 11.8 Å². The zero-order valence-electron chi connectivity index (χ0n) is 9.88. The van der Waals surface area contributed by atoms with Crippen LogP contribution in [0.15, 0.2) is 12.1 Å². The molecule has 0 amide bonds. The van der Waals surface area contributed by atoms with Crippen molar-refractivity contribution in [2.75, 3.05) is 25.1 Å². The lowest BCUT2D eigenvalue weighted by molar-refractivity contribution is 0.0592. The maximum atomic E-state index is 11.2. The SMILES string of the molecule is COC(=O)c1ccc(N2CCC(C)(O)C2)nn1. The first kappa shape index (κ1) is 11.8. The fourth-order valence-corrected chi connectivity index (χ4v) is 1.85. The molecule has 1 saturated heterocycles. The molecule has 1 aliphatic heterocycles. The highest BCUT2D eigenvalue weighted by molar-refractivity contribution is 5.86. The fourth-order valence-electron chi connectivity index (χ4n) is 1.85. The van der Waals surface area contributed by atoms with Crippen molar-refractivity contribution in [2.45, 2.75) is 18.9 Å². The number of hydrogen-bond acceptors (Lipinski definition) is 6. The van der Waals surface area contributed by atoms with E-state index < -0.39 is 11.6 Å². The highest BCUT2D eigenvalue weighted by Gasteiger charge is 2.32. The molecule has 92 valence electrons. The number of ether oxygens (including phenoxy) is 1. The lowest BCUT2D eigenvalue weighted by atomic mass is 10.1. The molecule has 1 N–H and O–H groups in total. The maximum absolute atomic E-state index is 11.2. The summed E-state index contributed by atoms with van der Waals surface area (Å²) in [6.07, 6.45) is 0.702. The first-order chi connectivity index (χ1) is 8.02. The van der Waals surface area contributed by atoms with Crippen LogP contribution in [0, 0.1) is 0 Å². The Hall–Kier alpha value is -1.69. The molecule has 0 radical (unpaired) electrons. The summed E-state index contributed by atoms with van der Waals surface area (Å²) in [5.74, 6) is 0.160. The molecule has 1 aromatic heterocycles. The van der Waals surface area contributed by atoms with E-state index in [1.807, 2.05) is 4.90 Å². The zero-order chi connectivity index (χ0) is 12.5. The molecule has 0 aliphatic carbocycles. The Bertz CT molecular complexity index is 416. The van der Waals surface area contributed by atoms with Crippen molar-refractivity contribution in [1.82, 2.24) is 10.2 Å². The molecule has 1 unspecified atom stereocenters. The number of methoxy groups -OCH3 is 1. The van der Waals surface area contributed by atoms with Gasteiger partial charge in [-0.3, -0.25) is 0 Å². The molecule has 2 rings (SSSR count). The number of carbonyl (C=O) groups excluding carboxylic acids is 1. The summed E-state index contributed by atoms with van der Waals surface area (Å²) in [5.41, 5.74) is -0.495. The van der Waals surface area contributed by atoms with Gasteiger partial charge >= 0.3 is 5.97 Å². The third kappa shape index (κ3) is 2.52. The zero-order valence-corrected chi connectivity index (χ0v) is 9.88. The van der Waals surface area contributed by atoms with Crippen molar-refractivity contribution in [1.29, 1.82) is 0 Å². The van der Waals surface area contributed by atoms with Gasteiger partial charge in [-0.1, -0.05) is 0 Å². The number of rotatable bonds is 2. The van der Waals surface area contributed by atoms with E-state index in [2.05, 4.69) is 14.9 Å². The van der Waals surface area contributed by atoms with E-state index in [1.54, 1.807) is 19.1 Å². The summed E-state index contributed by atoms with van der Waals surface area (Å²) in [6.45, 7) is 3.06. The Morgan fingerprint density at radius 1 is 1.53 bits per heavy atom. The molecule has 0 saturated carbocycles. The van der Waals surface area contributed by atoms with Crippen molar-refractivity contribution in [3.8, 4) is 0 Å². The monoisotopic (exact) mass is 237 g/mol. The average molecular weight is 237 g/mol. The number of aliphatic hydroxyl groups is 1. The van der Waals surface area contributed by atoms with Gasteiger partial charge in [0, 0.05) is 13.1 Å². The summed E-state index contributed by atoms with van der Waals surface area (Å²) in [5, 5.41) is 17.6. The van der Waals surface area contributed by atoms with Crippen molar-refractivity contribution in [3.05, 3.63) is 17.8 Å². The second kappa shape index (κ2) is 4.29. The topological polar surface area (TPSA) is 75.5 Å². The highest BCUT2D eigenvalue weighted by Crippen LogP contribution is 2.24. The Morgan fingerprint density at radius 3 is 2.76 bits per heavy atom. The summed E-state index contributed by atoms with van der Waals surface area (Å²) in [4.78, 5) is 13.1. The molecule has 0 bridgehead atoms. The Kier molecular flexibility index (Phi) is 2.97. The van der Waals surface area contributed by atoms with Gasteiger partial charge in [0.1, 0.15) is 0 Å². The standard InChI is InChI=1S/C11H15N3O3/c1-11(16)5-6-14(7-11)9-4-3-8(12-13-9)10(15)17-2/h3-4,16H,5-7H2,1-2H3. The van der Waals surface area contributed by atoms with Gasteiger partial charge in [0.15, 0.2) is 11.5 Å². The number of nitrogens with zero attached hydrogens (tertiary/aromatic N) is 3. The Balaban J connectivity index is 2.11. The van der Waals surface area contributed by atoms with Gasteiger partial charge in [0.05, 0.1) is 12.7 Å². The van der Waals surface area contributed by atoms with Gasteiger partial charge in [-0.2, -0.15) is 0 Å². The largest absolute Gasteiger partial charge is 0.464 e. The van der Waals surface area contributed by atoms with E-state index >= 15 is 0 Å². The number of carbonyl (C=O) groups is 1. The van der Waals surface area contributed by atoms with Crippen LogP contribution in [0.25, 0.3) is 0 Å². The number of β-amino-alcohol motifs (C(OH)–C–C–N with tert-alkyl or cyclic N) is 1. The van der Waals surface area contributed by atoms with Crippen LogP contribution < -0.4 is 4.90 Å². The molecule has 2 heterocycles. The van der Waals surface area contributed by atoms with E-state index in [0.717, 1.165) is 6.54 Å². The van der Waals surface area contributed by atoms with E-state index in [4.69, 9.17) is 0 Å². The molecule has 1 atom stereocenters. The minimum Gasteiger partial charge on any atom is -0.464 e. The summed E-state index contributed by atoms with van der Waals surface area (Å²) in [6, 6.07) is 3.28. The summed E-state index contributed by atoms with van der Waals surface area (Å²) >= 11 is 0. The van der Waals surface area contributed by atoms with Crippen LogP contribution >= 0.6 is 0 Å². The quantitative estimate of drug-likeness (QED) is 0.742. The minimum atomic E-state index is -0.678. The van der Waals surface area contributed by atoms with Crippen LogP contribution in [0.3, 0.4) is 0 Å². The molecule has 0 aromatic carbocycles. The Labute approximate surface area is 99.2 Å². The molecule has 0 spiro atoms. The van der Waals surface area contributed by atoms with Crippen molar-refractivity contribution in [3.63, 3.8) is 0 Å². The molecule has 1 aliphatic rings. The second-order valence-electron chi connectivity index (χ2n) is 4.44. The third-order valence-electron chi connectivity index (χ3n) is 2.82. The van der Waals surface area contributed by atoms with Crippen LogP contribution in [-0.2, 0) is 4.74 Å². The second-order valence-corrected chi connectivity index (χ2v) is 4.44. The van der Waals surface area contributed by atoms with Crippen molar-refractivity contribution < 1.29 is 14.6 Å². The van der Waals surface area contributed by atoms with Crippen LogP contribution in [0.4, 0.5) is 5.82 Å².